The summed E-state index contributed by atoms with van der Waals surface area (Å²) in [5, 5.41) is 1.77. The number of hydrogen-bond donors (Lipinski definition) is 1. The Bertz CT molecular complexity index is 802. The van der Waals surface area contributed by atoms with Crippen LogP contribution in [-0.4, -0.2) is 4.98 Å². The lowest BCUT2D eigenvalue weighted by atomic mass is 10.1. The molecule has 0 aliphatic heterocycles. The van der Waals surface area contributed by atoms with E-state index in [0.29, 0.717) is 18.2 Å². The zero-order valence-corrected chi connectivity index (χ0v) is 12.4. The molecule has 0 radical (unpaired) electrons. The fourth-order valence-corrected chi connectivity index (χ4v) is 2.36. The first-order valence-corrected chi connectivity index (χ1v) is 7.08. The van der Waals surface area contributed by atoms with E-state index < -0.39 is 0 Å². The Labute approximate surface area is 128 Å². The van der Waals surface area contributed by atoms with Gasteiger partial charge < -0.3 is 10.5 Å². The van der Waals surface area contributed by atoms with E-state index in [1.54, 1.807) is 0 Å². The molecule has 1 aromatic heterocycles. The van der Waals surface area contributed by atoms with Gasteiger partial charge in [0, 0.05) is 23.0 Å². The largest absolute Gasteiger partial charge is 0.439 e. The smallest absolute Gasteiger partial charge is 0.220 e. The molecule has 0 amide bonds. The second-order valence-corrected chi connectivity index (χ2v) is 5.26. The normalized spacial score (nSPS) is 10.8. The topological polar surface area (TPSA) is 48.1 Å². The van der Waals surface area contributed by atoms with Crippen LogP contribution >= 0.6 is 11.6 Å². The van der Waals surface area contributed by atoms with E-state index in [-0.39, 0.29) is 0 Å². The molecule has 0 spiro atoms. The first-order valence-electron chi connectivity index (χ1n) is 6.70. The van der Waals surface area contributed by atoms with Crippen molar-refractivity contribution in [1.29, 1.82) is 0 Å². The number of fused-ring (bicyclic) bond motifs is 1. The van der Waals surface area contributed by atoms with Crippen LogP contribution in [0.15, 0.2) is 48.5 Å². The summed E-state index contributed by atoms with van der Waals surface area (Å²) in [6.45, 7) is 2.38. The fourth-order valence-electron chi connectivity index (χ4n) is 2.24. The van der Waals surface area contributed by atoms with Gasteiger partial charge in [-0.1, -0.05) is 29.8 Å². The van der Waals surface area contributed by atoms with Crippen molar-refractivity contribution in [3.63, 3.8) is 0 Å². The zero-order valence-electron chi connectivity index (χ0n) is 11.6. The number of nitrogens with two attached hydrogens (primary N) is 1. The minimum absolute atomic E-state index is 0.443. The molecular weight excluding hydrogens is 284 g/mol. The van der Waals surface area contributed by atoms with Crippen LogP contribution in [0.3, 0.4) is 0 Å². The number of hydrogen-bond acceptors (Lipinski definition) is 3. The monoisotopic (exact) mass is 298 g/mol. The predicted octanol–water partition coefficient (Wildman–Crippen LogP) is 4.45. The van der Waals surface area contributed by atoms with Crippen LogP contribution in [-0.2, 0) is 6.54 Å². The summed E-state index contributed by atoms with van der Waals surface area (Å²) in [7, 11) is 0. The van der Waals surface area contributed by atoms with Crippen LogP contribution < -0.4 is 10.5 Å². The zero-order chi connectivity index (χ0) is 14.8. The summed E-state index contributed by atoms with van der Waals surface area (Å²) in [6.07, 6.45) is 0. The van der Waals surface area contributed by atoms with E-state index in [1.807, 2.05) is 55.5 Å². The highest BCUT2D eigenvalue weighted by atomic mass is 35.5. The molecule has 3 rings (SSSR count). The Balaban J connectivity index is 2.02. The lowest BCUT2D eigenvalue weighted by molar-refractivity contribution is 0.464. The van der Waals surface area contributed by atoms with Crippen molar-refractivity contribution < 1.29 is 4.74 Å². The molecule has 0 saturated heterocycles. The number of rotatable bonds is 3. The SMILES string of the molecule is Cc1cc(Oc2cc(CN)c3ccccc3n2)ccc1Cl. The minimum atomic E-state index is 0.443. The summed E-state index contributed by atoms with van der Waals surface area (Å²) in [5.74, 6) is 1.25. The molecule has 3 aromatic rings. The second-order valence-electron chi connectivity index (χ2n) is 4.85. The summed E-state index contributed by atoms with van der Waals surface area (Å²) in [5.41, 5.74) is 8.68. The highest BCUT2D eigenvalue weighted by molar-refractivity contribution is 6.31. The maximum atomic E-state index is 6.02. The number of aryl methyl sites for hydroxylation is 1. The second kappa shape index (κ2) is 5.72. The van der Waals surface area contributed by atoms with Gasteiger partial charge in [0.05, 0.1) is 5.52 Å². The third-order valence-electron chi connectivity index (χ3n) is 3.35. The van der Waals surface area contributed by atoms with Crippen molar-refractivity contribution in [2.45, 2.75) is 13.5 Å². The van der Waals surface area contributed by atoms with Gasteiger partial charge in [-0.05, 0) is 42.3 Å². The molecule has 0 aliphatic carbocycles. The van der Waals surface area contributed by atoms with Gasteiger partial charge in [-0.15, -0.1) is 0 Å². The molecule has 0 atom stereocenters. The summed E-state index contributed by atoms with van der Waals surface area (Å²) in [4.78, 5) is 4.52. The molecule has 2 aromatic carbocycles. The highest BCUT2D eigenvalue weighted by Crippen LogP contribution is 2.28. The number of para-hydroxylation sites is 1. The molecule has 0 unspecified atom stereocenters. The van der Waals surface area contributed by atoms with Gasteiger partial charge in [-0.3, -0.25) is 0 Å². The Morgan fingerprint density at radius 1 is 1.14 bits per heavy atom. The molecule has 3 nitrogen and oxygen atoms in total. The molecule has 2 N–H and O–H groups in total. The van der Waals surface area contributed by atoms with Crippen LogP contribution in [0.25, 0.3) is 10.9 Å². The summed E-state index contributed by atoms with van der Waals surface area (Å²) >= 11 is 6.02. The molecule has 4 heteroatoms. The molecular formula is C17H15ClN2O. The van der Waals surface area contributed by atoms with Gasteiger partial charge in [0.1, 0.15) is 5.75 Å². The van der Waals surface area contributed by atoms with E-state index in [2.05, 4.69) is 4.98 Å². The number of aromatic nitrogens is 1. The number of benzene rings is 2. The van der Waals surface area contributed by atoms with Crippen molar-refractivity contribution in [3.8, 4) is 11.6 Å². The lowest BCUT2D eigenvalue weighted by Gasteiger charge is -2.10. The van der Waals surface area contributed by atoms with Crippen LogP contribution in [0.1, 0.15) is 11.1 Å². The Kier molecular flexibility index (Phi) is 3.78. The first-order chi connectivity index (χ1) is 10.2. The standard InChI is InChI=1S/C17H15ClN2O/c1-11-8-13(6-7-15(11)18)21-17-9-12(10-19)14-4-2-3-5-16(14)20-17/h2-9H,10,19H2,1H3. The van der Waals surface area contributed by atoms with E-state index >= 15 is 0 Å². The third-order valence-corrected chi connectivity index (χ3v) is 3.77. The fraction of sp³-hybridized carbons (Fsp3) is 0.118. The quantitative estimate of drug-likeness (QED) is 0.777. The summed E-state index contributed by atoms with van der Waals surface area (Å²) < 4.78 is 5.84. The average molecular weight is 299 g/mol. The van der Waals surface area contributed by atoms with E-state index in [1.165, 1.54) is 0 Å². The summed E-state index contributed by atoms with van der Waals surface area (Å²) in [6, 6.07) is 15.3. The van der Waals surface area contributed by atoms with Crippen molar-refractivity contribution in [2.75, 3.05) is 0 Å². The lowest BCUT2D eigenvalue weighted by Crippen LogP contribution is -2.00. The van der Waals surface area contributed by atoms with Gasteiger partial charge in [0.15, 0.2) is 0 Å². The average Bonchev–Trinajstić information content (AvgIpc) is 2.50. The van der Waals surface area contributed by atoms with Gasteiger partial charge in [-0.25, -0.2) is 4.98 Å². The number of halogens is 1. The van der Waals surface area contributed by atoms with E-state index in [0.717, 1.165) is 27.1 Å². The molecule has 21 heavy (non-hydrogen) atoms. The highest BCUT2D eigenvalue weighted by Gasteiger charge is 2.07. The number of ether oxygens (including phenoxy) is 1. The van der Waals surface area contributed by atoms with Crippen molar-refractivity contribution >= 4 is 22.5 Å². The van der Waals surface area contributed by atoms with Gasteiger partial charge in [0.2, 0.25) is 5.88 Å². The molecule has 0 aliphatic rings. The Morgan fingerprint density at radius 2 is 1.95 bits per heavy atom. The van der Waals surface area contributed by atoms with Crippen molar-refractivity contribution in [1.82, 2.24) is 4.98 Å². The molecule has 0 bridgehead atoms. The maximum absolute atomic E-state index is 6.02. The Hall–Kier alpha value is -2.10. The molecule has 0 fully saturated rings. The molecule has 1 heterocycles. The molecule has 106 valence electrons. The van der Waals surface area contributed by atoms with E-state index in [9.17, 15) is 0 Å². The van der Waals surface area contributed by atoms with Crippen LogP contribution in [0, 0.1) is 6.92 Å². The van der Waals surface area contributed by atoms with Crippen molar-refractivity contribution in [2.24, 2.45) is 5.73 Å². The Morgan fingerprint density at radius 3 is 2.71 bits per heavy atom. The first kappa shape index (κ1) is 13.9. The van der Waals surface area contributed by atoms with Gasteiger partial charge in [0.25, 0.3) is 0 Å². The van der Waals surface area contributed by atoms with E-state index in [4.69, 9.17) is 22.1 Å². The minimum Gasteiger partial charge on any atom is -0.439 e. The van der Waals surface area contributed by atoms with Crippen LogP contribution in [0.4, 0.5) is 0 Å². The van der Waals surface area contributed by atoms with Gasteiger partial charge >= 0.3 is 0 Å². The van der Waals surface area contributed by atoms with Crippen LogP contribution in [0.2, 0.25) is 5.02 Å². The maximum Gasteiger partial charge on any atom is 0.220 e. The van der Waals surface area contributed by atoms with Crippen molar-refractivity contribution in [3.05, 3.63) is 64.7 Å². The number of pyridine rings is 1. The predicted molar refractivity (Wildman–Crippen MR) is 85.9 cm³/mol. The molecule has 0 saturated carbocycles. The third kappa shape index (κ3) is 2.84. The number of nitrogens with zero attached hydrogens (tertiary/aromatic N) is 1. The van der Waals surface area contributed by atoms with Crippen LogP contribution in [0.5, 0.6) is 11.6 Å². The van der Waals surface area contributed by atoms with Gasteiger partial charge in [-0.2, -0.15) is 0 Å².